The summed E-state index contributed by atoms with van der Waals surface area (Å²) in [6, 6.07) is 0. The number of nitrogens with zero attached hydrogens (tertiary/aromatic N) is 1. The zero-order chi connectivity index (χ0) is 20.3. The van der Waals surface area contributed by atoms with Gasteiger partial charge in [0.15, 0.2) is 12.6 Å². The summed E-state index contributed by atoms with van der Waals surface area (Å²) in [4.78, 5) is 31.1. The Balaban J connectivity index is 2.59. The molecule has 142 valence electrons. The second kappa shape index (κ2) is 6.35. The molecule has 1 aromatic rings. The van der Waals surface area contributed by atoms with Crippen LogP contribution < -0.4 is 5.56 Å². The van der Waals surface area contributed by atoms with Crippen molar-refractivity contribution >= 4 is 43.6 Å². The van der Waals surface area contributed by atoms with Crippen LogP contribution in [0.5, 0.6) is 0 Å². The molecule has 0 amide bonds. The van der Waals surface area contributed by atoms with E-state index >= 15 is 4.39 Å². The van der Waals surface area contributed by atoms with E-state index in [1.165, 1.54) is 0 Å². The van der Waals surface area contributed by atoms with Gasteiger partial charge in [0.05, 0.1) is 11.6 Å². The highest BCUT2D eigenvalue weighted by molar-refractivity contribution is 7.71. The van der Waals surface area contributed by atoms with Crippen molar-refractivity contribution in [2.45, 2.75) is 29.1 Å². The number of nitrogens with one attached hydrogen (secondary N) is 1. The summed E-state index contributed by atoms with van der Waals surface area (Å²) in [6.07, 6.45) is -3.91. The first-order valence-electron chi connectivity index (χ1n) is 7.08. The van der Waals surface area contributed by atoms with Gasteiger partial charge in [-0.2, -0.15) is 4.39 Å². The van der Waals surface area contributed by atoms with Gasteiger partial charge in [-0.15, -0.1) is 0 Å². The topological polar surface area (TPSA) is 154 Å². The van der Waals surface area contributed by atoms with E-state index < -0.39 is 53.1 Å². The minimum absolute atomic E-state index is 0.455. The number of halogens is 2. The van der Waals surface area contributed by atoms with E-state index in [1.54, 1.807) is 0 Å². The lowest BCUT2D eigenvalue weighted by atomic mass is 9.59. The lowest BCUT2D eigenvalue weighted by Gasteiger charge is -2.40. The molecule has 0 aromatic carbocycles. The Labute approximate surface area is 152 Å². The van der Waals surface area contributed by atoms with Crippen molar-refractivity contribution in [3.63, 3.8) is 0 Å². The number of aliphatic hydroxyl groups excluding tert-OH is 2. The molecule has 1 aliphatic heterocycles. The summed E-state index contributed by atoms with van der Waals surface area (Å²) >= 11 is 4.85. The Hall–Kier alpha value is -0.855. The minimum atomic E-state index is -5.21. The van der Waals surface area contributed by atoms with Crippen molar-refractivity contribution in [1.29, 1.82) is 0 Å². The van der Waals surface area contributed by atoms with Gasteiger partial charge >= 0.3 is 7.82 Å². The van der Waals surface area contributed by atoms with Crippen molar-refractivity contribution < 1.29 is 42.6 Å². The Morgan fingerprint density at radius 2 is 1.96 bits per heavy atom. The number of aromatic nitrogens is 2. The predicted molar refractivity (Wildman–Crippen MR) is 92.2 cm³/mol. The van der Waals surface area contributed by atoms with Gasteiger partial charge in [-0.3, -0.25) is 18.9 Å². The van der Waals surface area contributed by atoms with Crippen LogP contribution in [0.2, 0.25) is 0 Å². The molecule has 0 unspecified atom stereocenters. The third-order valence-corrected chi connectivity index (χ3v) is 5.12. The lowest BCUT2D eigenvalue weighted by molar-refractivity contribution is -0.239. The first-order chi connectivity index (χ1) is 11.5. The van der Waals surface area contributed by atoms with E-state index in [1.807, 2.05) is 4.98 Å². The van der Waals surface area contributed by atoms with Crippen molar-refractivity contribution in [2.24, 2.45) is 0 Å². The molecular formula is C9H14B3F2N2O8PS. The molecule has 0 spiro atoms. The van der Waals surface area contributed by atoms with Crippen LogP contribution in [0.25, 0.3) is 0 Å². The molecule has 10 nitrogen and oxygen atoms in total. The minimum Gasteiger partial charge on any atom is -0.386 e. The van der Waals surface area contributed by atoms with E-state index in [-0.39, 0.29) is 0 Å². The lowest BCUT2D eigenvalue weighted by Crippen LogP contribution is -2.60. The van der Waals surface area contributed by atoms with Gasteiger partial charge < -0.3 is 24.7 Å². The van der Waals surface area contributed by atoms with Gasteiger partial charge in [-0.05, 0) is 12.2 Å². The normalized spacial score (nSPS) is 32.7. The molecule has 2 rings (SSSR count). The Bertz CT molecular complexity index is 894. The Kier molecular flexibility index (Phi) is 5.23. The van der Waals surface area contributed by atoms with Gasteiger partial charge in [0.25, 0.3) is 11.4 Å². The third kappa shape index (κ3) is 3.36. The van der Waals surface area contributed by atoms with Gasteiger partial charge in [-0.1, -0.05) is 0 Å². The number of aliphatic hydroxyl groups is 2. The molecule has 4 atom stereocenters. The Morgan fingerprint density at radius 1 is 1.42 bits per heavy atom. The van der Waals surface area contributed by atoms with Crippen LogP contribution in [-0.2, 0) is 19.4 Å². The van der Waals surface area contributed by atoms with Gasteiger partial charge in [0.2, 0.25) is 5.82 Å². The molecule has 1 fully saturated rings. The number of rotatable bonds is 4. The highest BCUT2D eigenvalue weighted by Gasteiger charge is 2.68. The number of hydrogen-bond donors (Lipinski definition) is 5. The average Bonchev–Trinajstić information content (AvgIpc) is 2.63. The standard InChI is InChI=1S/C9H14B3F2N2O8PS/c10-8(16-1-2(13)5(19)15-6(16)26)4(18)3(17)7(14,23-8)9(11,12)24-25(20,21)22/h1,3-4,17-18H,10-12H2,(H,15,19,26)(H2,20,21,22)/t3-,4+,7-,8-/m0/s1. The van der Waals surface area contributed by atoms with E-state index in [4.69, 9.17) is 26.7 Å². The number of ether oxygens (including phenoxy) is 1. The number of phosphoric ester groups is 1. The fraction of sp³-hybridized carbons (Fsp3) is 0.556. The zero-order valence-electron chi connectivity index (χ0n) is 13.7. The van der Waals surface area contributed by atoms with Crippen LogP contribution in [0.3, 0.4) is 0 Å². The molecule has 1 aromatic heterocycles. The summed E-state index contributed by atoms with van der Waals surface area (Å²) in [5, 5.41) is 18.0. The molecule has 17 heteroatoms. The quantitative estimate of drug-likeness (QED) is 0.188. The Morgan fingerprint density at radius 3 is 2.46 bits per heavy atom. The van der Waals surface area contributed by atoms with E-state index in [2.05, 4.69) is 4.52 Å². The largest absolute Gasteiger partial charge is 0.468 e. The summed E-state index contributed by atoms with van der Waals surface area (Å²) < 4.78 is 49.8. The molecule has 26 heavy (non-hydrogen) atoms. The first-order valence-corrected chi connectivity index (χ1v) is 9.02. The van der Waals surface area contributed by atoms with E-state index in [9.17, 15) is 24.0 Å². The predicted octanol–water partition coefficient (Wildman–Crippen LogP) is -4.26. The van der Waals surface area contributed by atoms with Crippen molar-refractivity contribution in [2.75, 3.05) is 0 Å². The van der Waals surface area contributed by atoms with Gasteiger partial charge in [0, 0.05) is 0 Å². The molecule has 0 aliphatic carbocycles. The van der Waals surface area contributed by atoms with Crippen LogP contribution >= 0.6 is 20.0 Å². The summed E-state index contributed by atoms with van der Waals surface area (Å²) in [5.74, 6) is -4.67. The van der Waals surface area contributed by atoms with E-state index in [0.29, 0.717) is 10.8 Å². The summed E-state index contributed by atoms with van der Waals surface area (Å²) in [5.41, 5.74) is -3.41. The zero-order valence-corrected chi connectivity index (χ0v) is 15.4. The van der Waals surface area contributed by atoms with E-state index in [0.717, 1.165) is 23.5 Å². The molecule has 1 saturated heterocycles. The molecular weight excluding hydrogens is 398 g/mol. The number of aromatic amines is 1. The fourth-order valence-corrected chi connectivity index (χ4v) is 3.77. The molecule has 5 N–H and O–H groups in total. The smallest absolute Gasteiger partial charge is 0.386 e. The van der Waals surface area contributed by atoms with Gasteiger partial charge in [-0.25, -0.2) is 8.96 Å². The van der Waals surface area contributed by atoms with Gasteiger partial charge in [0.1, 0.15) is 33.5 Å². The maximum absolute atomic E-state index is 15.4. The van der Waals surface area contributed by atoms with Crippen LogP contribution in [0.1, 0.15) is 0 Å². The number of hydrogen-bond acceptors (Lipinski definition) is 7. The van der Waals surface area contributed by atoms with Crippen molar-refractivity contribution in [3.8, 4) is 0 Å². The molecule has 0 bridgehead atoms. The van der Waals surface area contributed by atoms with Crippen LogP contribution in [0.15, 0.2) is 11.0 Å². The average molecular weight is 412 g/mol. The highest BCUT2D eigenvalue weighted by Crippen LogP contribution is 2.51. The van der Waals surface area contributed by atoms with Crippen LogP contribution in [0.4, 0.5) is 8.78 Å². The fourth-order valence-electron chi connectivity index (χ4n) is 2.73. The maximum atomic E-state index is 15.4. The first kappa shape index (κ1) is 21.4. The highest BCUT2D eigenvalue weighted by atomic mass is 32.1. The second-order valence-corrected chi connectivity index (χ2v) is 7.94. The number of phosphoric acid groups is 1. The van der Waals surface area contributed by atoms with Crippen LogP contribution in [0, 0.1) is 10.6 Å². The van der Waals surface area contributed by atoms with Crippen molar-refractivity contribution in [1.82, 2.24) is 9.55 Å². The third-order valence-electron chi connectivity index (χ3n) is 4.13. The summed E-state index contributed by atoms with van der Waals surface area (Å²) in [6.45, 7) is 0. The SMILES string of the molecule is BC(B)(OP(=O)(O)O)[C@@]1(F)O[C@@](B)(n2cc(F)c(=O)[nH]c2=S)[C@H](O)[C@@H]1O. The molecule has 2 heterocycles. The molecule has 1 aliphatic rings. The van der Waals surface area contributed by atoms with Crippen LogP contribution in [-0.4, -0.2) is 76.6 Å². The molecule has 0 saturated carbocycles. The molecule has 0 radical (unpaired) electrons. The van der Waals surface area contributed by atoms with Crippen molar-refractivity contribution in [3.05, 3.63) is 27.1 Å². The monoisotopic (exact) mass is 412 g/mol. The number of alkyl halides is 1. The number of H-pyrrole nitrogens is 1. The maximum Gasteiger partial charge on any atom is 0.468 e. The summed E-state index contributed by atoms with van der Waals surface area (Å²) in [7, 11) is -2.43. The second-order valence-electron chi connectivity index (χ2n) is 6.39.